The Morgan fingerprint density at radius 2 is 1.97 bits per heavy atom. The van der Waals surface area contributed by atoms with Crippen molar-refractivity contribution in [3.05, 3.63) is 63.0 Å². The Morgan fingerprint density at radius 1 is 1.31 bits per heavy atom. The first kappa shape index (κ1) is 21.2. The second kappa shape index (κ2) is 8.26. The number of carbonyl (C=O) groups excluding carboxylic acids is 1. The third-order valence-corrected chi connectivity index (χ3v) is 4.13. The van der Waals surface area contributed by atoms with Crippen molar-refractivity contribution in [3.8, 4) is 17.6 Å². The number of anilines is 1. The van der Waals surface area contributed by atoms with Crippen molar-refractivity contribution < 1.29 is 29.4 Å². The summed E-state index contributed by atoms with van der Waals surface area (Å²) in [6.07, 6.45) is 0. The number of nitro groups is 1. The summed E-state index contributed by atoms with van der Waals surface area (Å²) >= 11 is 0. The number of aromatic hydroxyl groups is 2. The van der Waals surface area contributed by atoms with Crippen LogP contribution in [0.3, 0.4) is 0 Å². The maximum absolute atomic E-state index is 13.6. The zero-order valence-corrected chi connectivity index (χ0v) is 15.4. The number of nitriles is 1. The number of carbonyl (C=O) groups is 1. The molecular formula is C19H16FN3O6. The molecule has 10 heteroatoms. The number of nitrogens with zero attached hydrogens (tertiary/aromatic N) is 3. The van der Waals surface area contributed by atoms with Crippen LogP contribution in [0.4, 0.5) is 15.8 Å². The monoisotopic (exact) mass is 401 g/mol. The van der Waals surface area contributed by atoms with Crippen molar-refractivity contribution >= 4 is 23.0 Å². The Balaban J connectivity index is 2.62. The highest BCUT2D eigenvalue weighted by Gasteiger charge is 2.27. The van der Waals surface area contributed by atoms with E-state index < -0.39 is 50.7 Å². The Bertz CT molecular complexity index is 1070. The highest BCUT2D eigenvalue weighted by Crippen LogP contribution is 2.38. The van der Waals surface area contributed by atoms with E-state index >= 15 is 0 Å². The first-order chi connectivity index (χ1) is 13.6. The molecule has 0 aromatic heterocycles. The van der Waals surface area contributed by atoms with Crippen molar-refractivity contribution in [1.29, 1.82) is 5.26 Å². The second-order valence-corrected chi connectivity index (χ2v) is 5.94. The zero-order chi connectivity index (χ0) is 21.9. The molecule has 2 rings (SSSR count). The summed E-state index contributed by atoms with van der Waals surface area (Å²) < 4.78 is 13.6. The van der Waals surface area contributed by atoms with E-state index in [1.54, 1.807) is 13.8 Å². The van der Waals surface area contributed by atoms with E-state index in [0.29, 0.717) is 11.6 Å². The molecule has 0 saturated heterocycles. The van der Waals surface area contributed by atoms with E-state index in [9.17, 15) is 39.9 Å². The number of amides is 1. The summed E-state index contributed by atoms with van der Waals surface area (Å²) in [5, 5.41) is 50.0. The molecule has 0 fully saturated rings. The molecule has 0 atom stereocenters. The van der Waals surface area contributed by atoms with Crippen LogP contribution in [0.25, 0.3) is 5.76 Å². The fraction of sp³-hybridized carbons (Fsp3) is 0.158. The average Bonchev–Trinajstić information content (AvgIpc) is 2.67. The molecule has 0 aliphatic rings. The van der Waals surface area contributed by atoms with Crippen LogP contribution in [-0.2, 0) is 4.79 Å². The number of hydrogen-bond donors (Lipinski definition) is 3. The largest absolute Gasteiger partial charge is 0.506 e. The number of aliphatic hydroxyl groups is 1. The van der Waals surface area contributed by atoms with E-state index in [1.165, 1.54) is 18.2 Å². The van der Waals surface area contributed by atoms with Crippen LogP contribution in [0, 0.1) is 34.2 Å². The Kier molecular flexibility index (Phi) is 6.03. The van der Waals surface area contributed by atoms with Crippen molar-refractivity contribution in [2.45, 2.75) is 13.8 Å². The Labute approximate surface area is 164 Å². The number of hydrogen-bond acceptors (Lipinski definition) is 7. The van der Waals surface area contributed by atoms with Gasteiger partial charge in [0.25, 0.3) is 5.91 Å². The molecule has 2 aromatic rings. The standard InChI is InChI=1S/C19H16FN3O6/c1-3-22(14-8-12(20)5-4-10(14)2)19(27)13(9-21)17(25)11-6-15(23(28)29)18(26)16(24)7-11/h4-8,24-26H,3H2,1-2H3/b17-13-. The van der Waals surface area contributed by atoms with Crippen LogP contribution in [0.15, 0.2) is 35.9 Å². The predicted molar refractivity (Wildman–Crippen MR) is 101 cm³/mol. The summed E-state index contributed by atoms with van der Waals surface area (Å²) in [4.78, 5) is 23.9. The fourth-order valence-electron chi connectivity index (χ4n) is 2.66. The summed E-state index contributed by atoms with van der Waals surface area (Å²) in [7, 11) is 0. The summed E-state index contributed by atoms with van der Waals surface area (Å²) in [6, 6.07) is 6.75. The molecule has 2 aromatic carbocycles. The molecule has 3 N–H and O–H groups in total. The van der Waals surface area contributed by atoms with Gasteiger partial charge in [-0.1, -0.05) is 6.07 Å². The van der Waals surface area contributed by atoms with Gasteiger partial charge in [0.05, 0.1) is 4.92 Å². The van der Waals surface area contributed by atoms with Gasteiger partial charge in [0, 0.05) is 23.9 Å². The van der Waals surface area contributed by atoms with Crippen molar-refractivity contribution in [3.63, 3.8) is 0 Å². The van der Waals surface area contributed by atoms with Gasteiger partial charge in [-0.2, -0.15) is 5.26 Å². The van der Waals surface area contributed by atoms with Gasteiger partial charge in [-0.05, 0) is 37.6 Å². The molecule has 0 spiro atoms. The molecule has 0 radical (unpaired) electrons. The second-order valence-electron chi connectivity index (χ2n) is 5.94. The molecular weight excluding hydrogens is 385 g/mol. The number of rotatable bonds is 5. The predicted octanol–water partition coefficient (Wildman–Crippen LogP) is 3.30. The van der Waals surface area contributed by atoms with Crippen LogP contribution in [0.5, 0.6) is 11.5 Å². The Morgan fingerprint density at radius 3 is 2.52 bits per heavy atom. The van der Waals surface area contributed by atoms with Gasteiger partial charge < -0.3 is 20.2 Å². The lowest BCUT2D eigenvalue weighted by Gasteiger charge is -2.23. The van der Waals surface area contributed by atoms with E-state index in [0.717, 1.165) is 17.0 Å². The van der Waals surface area contributed by atoms with Crippen LogP contribution >= 0.6 is 0 Å². The van der Waals surface area contributed by atoms with Gasteiger partial charge in [0.1, 0.15) is 17.6 Å². The van der Waals surface area contributed by atoms with Gasteiger partial charge >= 0.3 is 5.69 Å². The van der Waals surface area contributed by atoms with Crippen molar-refractivity contribution in [2.75, 3.05) is 11.4 Å². The lowest BCUT2D eigenvalue weighted by molar-refractivity contribution is -0.386. The van der Waals surface area contributed by atoms with Gasteiger partial charge in [0.2, 0.25) is 5.75 Å². The molecule has 0 heterocycles. The quantitative estimate of drug-likeness (QED) is 0.174. The number of benzene rings is 2. The third kappa shape index (κ3) is 4.08. The Hall–Kier alpha value is -4.13. The van der Waals surface area contributed by atoms with Crippen molar-refractivity contribution in [1.82, 2.24) is 0 Å². The molecule has 1 amide bonds. The fourth-order valence-corrected chi connectivity index (χ4v) is 2.66. The van der Waals surface area contributed by atoms with Crippen LogP contribution in [-0.4, -0.2) is 32.7 Å². The molecule has 0 aliphatic carbocycles. The highest BCUT2D eigenvalue weighted by molar-refractivity contribution is 6.12. The summed E-state index contributed by atoms with van der Waals surface area (Å²) in [6.45, 7) is 3.23. The van der Waals surface area contributed by atoms with Gasteiger partial charge in [-0.3, -0.25) is 14.9 Å². The topological polar surface area (TPSA) is 148 Å². The summed E-state index contributed by atoms with van der Waals surface area (Å²) in [5.74, 6) is -4.47. The minimum absolute atomic E-state index is 0.0303. The number of aryl methyl sites for hydroxylation is 1. The average molecular weight is 401 g/mol. The molecule has 0 aliphatic heterocycles. The van der Waals surface area contributed by atoms with Crippen LogP contribution in [0.1, 0.15) is 18.1 Å². The first-order valence-corrected chi connectivity index (χ1v) is 8.24. The third-order valence-electron chi connectivity index (χ3n) is 4.13. The highest BCUT2D eigenvalue weighted by atomic mass is 19.1. The number of phenols is 2. The molecule has 150 valence electrons. The number of aliphatic hydroxyl groups excluding tert-OH is 1. The maximum atomic E-state index is 13.6. The van der Waals surface area contributed by atoms with E-state index in [4.69, 9.17) is 0 Å². The smallest absolute Gasteiger partial charge is 0.315 e. The number of nitro benzene ring substituents is 1. The van der Waals surface area contributed by atoms with Crippen LogP contribution < -0.4 is 4.90 Å². The van der Waals surface area contributed by atoms with Crippen molar-refractivity contribution in [2.24, 2.45) is 0 Å². The minimum Gasteiger partial charge on any atom is -0.506 e. The van der Waals surface area contributed by atoms with E-state index in [2.05, 4.69) is 0 Å². The normalized spacial score (nSPS) is 11.4. The van der Waals surface area contributed by atoms with Gasteiger partial charge in [-0.15, -0.1) is 0 Å². The first-order valence-electron chi connectivity index (χ1n) is 8.24. The molecule has 9 nitrogen and oxygen atoms in total. The molecule has 29 heavy (non-hydrogen) atoms. The zero-order valence-electron chi connectivity index (χ0n) is 15.4. The maximum Gasteiger partial charge on any atom is 0.315 e. The van der Waals surface area contributed by atoms with E-state index in [-0.39, 0.29) is 12.2 Å². The number of halogens is 1. The minimum atomic E-state index is -1.03. The molecule has 0 bridgehead atoms. The van der Waals surface area contributed by atoms with Gasteiger partial charge in [0.15, 0.2) is 11.3 Å². The van der Waals surface area contributed by atoms with Gasteiger partial charge in [-0.25, -0.2) is 4.39 Å². The summed E-state index contributed by atoms with van der Waals surface area (Å²) in [5.41, 5.74) is -1.42. The molecule has 0 saturated carbocycles. The van der Waals surface area contributed by atoms with E-state index in [1.807, 2.05) is 0 Å². The number of likely N-dealkylation sites (N-methyl/N-ethyl adjacent to an activating group) is 1. The SMILES string of the molecule is CCN(C(=O)/C(C#N)=C(\O)c1cc(O)c(O)c([N+](=O)[O-])c1)c1cc(F)ccc1C. The lowest BCUT2D eigenvalue weighted by Crippen LogP contribution is -2.32. The van der Waals surface area contributed by atoms with Crippen LogP contribution in [0.2, 0.25) is 0 Å². The lowest BCUT2D eigenvalue weighted by atomic mass is 10.1. The number of phenolic OH excluding ortho intramolecular Hbond substituents is 2. The molecule has 0 unspecified atom stereocenters.